The van der Waals surface area contributed by atoms with Crippen molar-refractivity contribution in [1.29, 1.82) is 0 Å². The van der Waals surface area contributed by atoms with Crippen molar-refractivity contribution in [2.75, 3.05) is 14.2 Å². The lowest BCUT2D eigenvalue weighted by Crippen LogP contribution is -2.23. The highest BCUT2D eigenvalue weighted by atomic mass is 16.5. The van der Waals surface area contributed by atoms with Crippen LogP contribution < -0.4 is 14.8 Å². The maximum Gasteiger partial charge on any atom is 0.255 e. The van der Waals surface area contributed by atoms with E-state index >= 15 is 0 Å². The van der Waals surface area contributed by atoms with Crippen LogP contribution in [-0.4, -0.2) is 25.3 Å². The van der Waals surface area contributed by atoms with Gasteiger partial charge in [0.25, 0.3) is 5.91 Å². The van der Waals surface area contributed by atoms with Crippen LogP contribution in [-0.2, 0) is 6.54 Å². The third-order valence-electron chi connectivity index (χ3n) is 4.67. The molecule has 0 atom stereocenters. The highest BCUT2D eigenvalue weighted by Gasteiger charge is 2.17. The lowest BCUT2D eigenvalue weighted by molar-refractivity contribution is 0.0946. The number of benzene rings is 3. The van der Waals surface area contributed by atoms with Crippen molar-refractivity contribution in [1.82, 2.24) is 10.5 Å². The van der Waals surface area contributed by atoms with Gasteiger partial charge in [-0.3, -0.25) is 4.79 Å². The molecule has 4 aromatic rings. The molecule has 6 nitrogen and oxygen atoms in total. The molecule has 0 fully saturated rings. The van der Waals surface area contributed by atoms with E-state index in [1.54, 1.807) is 18.2 Å². The van der Waals surface area contributed by atoms with Crippen LogP contribution in [0.3, 0.4) is 0 Å². The number of hydrogen-bond acceptors (Lipinski definition) is 5. The molecule has 0 saturated heterocycles. The van der Waals surface area contributed by atoms with Gasteiger partial charge in [-0.25, -0.2) is 0 Å². The predicted octanol–water partition coefficient (Wildman–Crippen LogP) is 4.44. The molecule has 0 aliphatic carbocycles. The van der Waals surface area contributed by atoms with Crippen LogP contribution in [0.5, 0.6) is 11.5 Å². The quantitative estimate of drug-likeness (QED) is 0.529. The number of rotatable bonds is 6. The van der Waals surface area contributed by atoms with Gasteiger partial charge in [0.05, 0.1) is 26.3 Å². The Balaban J connectivity index is 1.49. The SMILES string of the molecule is COc1cccc(C(=O)NCc2cc(-c3ccc4ccccc4c3)on2)c1OC. The number of methoxy groups -OCH3 is 2. The summed E-state index contributed by atoms with van der Waals surface area (Å²) in [5.41, 5.74) is 1.96. The van der Waals surface area contributed by atoms with Crippen molar-refractivity contribution in [3.05, 3.63) is 78.0 Å². The van der Waals surface area contributed by atoms with Gasteiger partial charge in [-0.05, 0) is 29.0 Å². The van der Waals surface area contributed by atoms with E-state index in [0.29, 0.717) is 28.5 Å². The van der Waals surface area contributed by atoms with Gasteiger partial charge in [-0.15, -0.1) is 0 Å². The lowest BCUT2D eigenvalue weighted by atomic mass is 10.1. The first-order chi connectivity index (χ1) is 14.2. The fourth-order valence-electron chi connectivity index (χ4n) is 3.21. The molecule has 6 heteroatoms. The number of carbonyl (C=O) groups excluding carboxylic acids is 1. The van der Waals surface area contributed by atoms with Crippen molar-refractivity contribution in [2.24, 2.45) is 0 Å². The molecule has 29 heavy (non-hydrogen) atoms. The zero-order chi connectivity index (χ0) is 20.2. The smallest absolute Gasteiger partial charge is 0.255 e. The molecule has 0 unspecified atom stereocenters. The minimum absolute atomic E-state index is 0.232. The average molecular weight is 388 g/mol. The number of aromatic nitrogens is 1. The number of nitrogens with zero attached hydrogens (tertiary/aromatic N) is 1. The van der Waals surface area contributed by atoms with Crippen LogP contribution in [0.15, 0.2) is 71.3 Å². The Labute approximate surface area is 168 Å². The first-order valence-electron chi connectivity index (χ1n) is 9.13. The normalized spacial score (nSPS) is 10.7. The first-order valence-corrected chi connectivity index (χ1v) is 9.13. The summed E-state index contributed by atoms with van der Waals surface area (Å²) in [5, 5.41) is 9.20. The summed E-state index contributed by atoms with van der Waals surface area (Å²) in [6.07, 6.45) is 0. The molecule has 1 aromatic heterocycles. The highest BCUT2D eigenvalue weighted by Crippen LogP contribution is 2.30. The number of fused-ring (bicyclic) bond motifs is 1. The number of amides is 1. The Morgan fingerprint density at radius 2 is 1.79 bits per heavy atom. The Bertz CT molecular complexity index is 1170. The molecular weight excluding hydrogens is 368 g/mol. The Morgan fingerprint density at radius 3 is 2.59 bits per heavy atom. The van der Waals surface area contributed by atoms with Gasteiger partial charge in [0.15, 0.2) is 17.3 Å². The molecule has 0 bridgehead atoms. The Kier molecular flexibility index (Phi) is 5.16. The fraction of sp³-hybridized carbons (Fsp3) is 0.130. The van der Waals surface area contributed by atoms with E-state index in [-0.39, 0.29) is 12.5 Å². The van der Waals surface area contributed by atoms with E-state index in [1.165, 1.54) is 14.2 Å². The molecule has 0 saturated carbocycles. The van der Waals surface area contributed by atoms with Crippen molar-refractivity contribution < 1.29 is 18.8 Å². The Hall–Kier alpha value is -3.80. The molecule has 4 rings (SSSR count). The second-order valence-corrected chi connectivity index (χ2v) is 6.47. The largest absolute Gasteiger partial charge is 0.493 e. The standard InChI is InChI=1S/C23H20N2O4/c1-27-20-9-5-8-19(22(20)28-2)23(26)24-14-18-13-21(29-25-18)17-11-10-15-6-3-4-7-16(15)12-17/h3-13H,14H2,1-2H3,(H,24,26). The number of nitrogens with one attached hydrogen (secondary N) is 1. The fourth-order valence-corrected chi connectivity index (χ4v) is 3.21. The molecule has 1 heterocycles. The summed E-state index contributed by atoms with van der Waals surface area (Å²) in [6, 6.07) is 21.2. The van der Waals surface area contributed by atoms with Gasteiger partial charge in [-0.1, -0.05) is 47.6 Å². The molecule has 1 N–H and O–H groups in total. The predicted molar refractivity (Wildman–Crippen MR) is 110 cm³/mol. The summed E-state index contributed by atoms with van der Waals surface area (Å²) < 4.78 is 16.0. The third kappa shape index (κ3) is 3.78. The zero-order valence-electron chi connectivity index (χ0n) is 16.1. The molecule has 3 aromatic carbocycles. The Morgan fingerprint density at radius 1 is 0.966 bits per heavy atom. The minimum atomic E-state index is -0.281. The van der Waals surface area contributed by atoms with Crippen LogP contribution in [0.1, 0.15) is 16.1 Å². The highest BCUT2D eigenvalue weighted by molar-refractivity contribution is 5.97. The number of hydrogen-bond donors (Lipinski definition) is 1. The van der Waals surface area contributed by atoms with E-state index in [4.69, 9.17) is 14.0 Å². The second kappa shape index (κ2) is 8.06. The summed E-state index contributed by atoms with van der Waals surface area (Å²) >= 11 is 0. The van der Waals surface area contributed by atoms with Gasteiger partial charge in [0.1, 0.15) is 5.69 Å². The van der Waals surface area contributed by atoms with Crippen molar-refractivity contribution in [3.8, 4) is 22.8 Å². The van der Waals surface area contributed by atoms with E-state index in [9.17, 15) is 4.79 Å². The number of para-hydroxylation sites is 1. The van der Waals surface area contributed by atoms with Gasteiger partial charge in [0.2, 0.25) is 0 Å². The third-order valence-corrected chi connectivity index (χ3v) is 4.67. The summed E-state index contributed by atoms with van der Waals surface area (Å²) in [4.78, 5) is 12.6. The van der Waals surface area contributed by atoms with Gasteiger partial charge >= 0.3 is 0 Å². The van der Waals surface area contributed by atoms with Crippen LogP contribution in [0.4, 0.5) is 0 Å². The monoisotopic (exact) mass is 388 g/mol. The molecular formula is C23H20N2O4. The average Bonchev–Trinajstić information content (AvgIpc) is 3.25. The van der Waals surface area contributed by atoms with Crippen LogP contribution in [0, 0.1) is 0 Å². The maximum atomic E-state index is 12.6. The van der Waals surface area contributed by atoms with Crippen LogP contribution in [0.25, 0.3) is 22.1 Å². The van der Waals surface area contributed by atoms with Gasteiger partial charge in [0, 0.05) is 11.6 Å². The maximum absolute atomic E-state index is 12.6. The minimum Gasteiger partial charge on any atom is -0.493 e. The van der Waals surface area contributed by atoms with Crippen LogP contribution >= 0.6 is 0 Å². The van der Waals surface area contributed by atoms with Crippen molar-refractivity contribution in [2.45, 2.75) is 6.54 Å². The number of carbonyl (C=O) groups is 1. The van der Waals surface area contributed by atoms with Crippen LogP contribution in [0.2, 0.25) is 0 Å². The second-order valence-electron chi connectivity index (χ2n) is 6.47. The van der Waals surface area contributed by atoms with Gasteiger partial charge in [-0.2, -0.15) is 0 Å². The van der Waals surface area contributed by atoms with E-state index in [0.717, 1.165) is 16.3 Å². The van der Waals surface area contributed by atoms with Crippen molar-refractivity contribution in [3.63, 3.8) is 0 Å². The van der Waals surface area contributed by atoms with Gasteiger partial charge < -0.3 is 19.3 Å². The van der Waals surface area contributed by atoms with E-state index in [1.807, 2.05) is 30.3 Å². The topological polar surface area (TPSA) is 73.6 Å². The van der Waals surface area contributed by atoms with E-state index < -0.39 is 0 Å². The summed E-state index contributed by atoms with van der Waals surface area (Å²) in [7, 11) is 3.03. The number of ether oxygens (including phenoxy) is 2. The molecule has 0 spiro atoms. The lowest BCUT2D eigenvalue weighted by Gasteiger charge is -2.12. The molecule has 1 amide bonds. The zero-order valence-corrected chi connectivity index (χ0v) is 16.1. The molecule has 0 aliphatic heterocycles. The van der Waals surface area contributed by atoms with E-state index in [2.05, 4.69) is 28.7 Å². The molecule has 0 radical (unpaired) electrons. The summed E-state index contributed by atoms with van der Waals surface area (Å²) in [6.45, 7) is 0.232. The van der Waals surface area contributed by atoms with Crippen molar-refractivity contribution >= 4 is 16.7 Å². The molecule has 146 valence electrons. The first kappa shape index (κ1) is 18.6. The summed E-state index contributed by atoms with van der Waals surface area (Å²) in [5.74, 6) is 1.26. The molecule has 0 aliphatic rings.